The van der Waals surface area contributed by atoms with E-state index < -0.39 is 17.8 Å². The van der Waals surface area contributed by atoms with Crippen molar-refractivity contribution in [3.8, 4) is 0 Å². The first-order valence-corrected chi connectivity index (χ1v) is 27.2. The van der Waals surface area contributed by atoms with E-state index in [9.17, 15) is 43.2 Å². The van der Waals surface area contributed by atoms with Crippen LogP contribution in [0.3, 0.4) is 0 Å². The number of piperidine rings is 1. The van der Waals surface area contributed by atoms with Crippen LogP contribution in [0.1, 0.15) is 60.5 Å². The molecule has 6 atom stereocenters. The van der Waals surface area contributed by atoms with Crippen LogP contribution in [0.15, 0.2) is 142 Å². The normalized spacial score (nSPS) is 19.3. The zero-order valence-electron chi connectivity index (χ0n) is 43.4. The number of benzene rings is 6. The van der Waals surface area contributed by atoms with Crippen LogP contribution in [-0.2, 0) is 52.8 Å². The number of fused-ring (bicyclic) bond motifs is 5. The van der Waals surface area contributed by atoms with E-state index in [0.29, 0.717) is 91.8 Å². The highest BCUT2D eigenvalue weighted by Gasteiger charge is 2.60. The summed E-state index contributed by atoms with van der Waals surface area (Å²) in [5.41, 5.74) is 11.4. The van der Waals surface area contributed by atoms with Crippen molar-refractivity contribution in [1.29, 1.82) is 0 Å². The molecule has 14 rings (SSSR count). The van der Waals surface area contributed by atoms with Gasteiger partial charge in [-0.3, -0.25) is 43.2 Å². The third kappa shape index (κ3) is 12.1. The van der Waals surface area contributed by atoms with Gasteiger partial charge in [0.25, 0.3) is 16.7 Å². The summed E-state index contributed by atoms with van der Waals surface area (Å²) in [5.74, 6) is -3.90. The summed E-state index contributed by atoms with van der Waals surface area (Å²) in [5, 5.41) is 37.1. The van der Waals surface area contributed by atoms with E-state index in [4.69, 9.17) is 45.6 Å². The second kappa shape index (κ2) is 23.8. The maximum absolute atomic E-state index is 12.4. The molecule has 0 radical (unpaired) electrons. The lowest BCUT2D eigenvalue weighted by molar-refractivity contribution is -0.155. The molecule has 426 valence electrons. The minimum Gasteiger partial charge on any atom is -0.481 e. The standard InChI is InChI=1S/C20H16ClN3O4.C20H14ClN3O3.C15H12ClN3O.C5H4O3.CH4/c21-15-6-5-10(8-17(15)22-18(25)13-9-14(13)20(27)28)7-16-11-3-1-2-4-12(11)19(26)24-23-16;21-15-6-5-10(8-17(15)24-19(26)13-9-14(13)20(24)27)7-16-11-3-1-2-4-12(11)18(25)23-22-16;16-12-6-5-9(7-13(12)17)8-14-10-3-1-2-4-11(10)15(20)19-18-14;6-4-2-1-3(2)5(7)8-4;/h1-6,8,13-14H,7,9H2,(H,22,25)(H,24,26)(H,27,28);1-6,8,13-14H,7,9H2,(H,23,25);1-7H,8,17H2,(H,19,20);2-3H,1H2;1H4. The summed E-state index contributed by atoms with van der Waals surface area (Å²) < 4.78 is 4.25. The Balaban J connectivity index is 0.000000132. The number of nitrogens with two attached hydrogens (primary N) is 1. The minimum atomic E-state index is -0.962. The molecule has 5 aliphatic rings. The molecule has 3 aliphatic carbocycles. The number of nitrogens with zero attached hydrogens (tertiary/aromatic N) is 4. The zero-order valence-corrected chi connectivity index (χ0v) is 45.6. The number of nitrogens with one attached hydrogen (secondary N) is 4. The number of ether oxygens (including phenoxy) is 1. The molecule has 5 fully saturated rings. The smallest absolute Gasteiger partial charge is 0.317 e. The van der Waals surface area contributed by atoms with Crippen molar-refractivity contribution in [3.63, 3.8) is 0 Å². The number of hydrogen-bond acceptors (Lipinski definition) is 14. The molecule has 5 heterocycles. The number of anilines is 3. The van der Waals surface area contributed by atoms with Crippen LogP contribution in [0, 0.1) is 35.5 Å². The number of carboxylic acids is 1. The first-order valence-electron chi connectivity index (χ1n) is 26.1. The van der Waals surface area contributed by atoms with Gasteiger partial charge in [0.15, 0.2) is 0 Å². The molecular weight excluding hydrogens is 1140 g/mol. The van der Waals surface area contributed by atoms with Gasteiger partial charge in [-0.2, -0.15) is 15.3 Å². The van der Waals surface area contributed by atoms with Crippen molar-refractivity contribution >= 4 is 120 Å². The summed E-state index contributed by atoms with van der Waals surface area (Å²) in [6, 6.07) is 37.9. The fraction of sp³-hybridized carbons (Fsp3) is 0.213. The van der Waals surface area contributed by atoms with E-state index >= 15 is 0 Å². The largest absolute Gasteiger partial charge is 0.481 e. The van der Waals surface area contributed by atoms with E-state index in [-0.39, 0.29) is 77.4 Å². The summed E-state index contributed by atoms with van der Waals surface area (Å²) in [7, 11) is 0. The Hall–Kier alpha value is -9.37. The van der Waals surface area contributed by atoms with Gasteiger partial charge < -0.3 is 20.9 Å². The fourth-order valence-corrected chi connectivity index (χ4v) is 10.7. The average molecular weight is 1190 g/mol. The number of carbonyl (C=O) groups is 6. The summed E-state index contributed by atoms with van der Waals surface area (Å²) in [6.45, 7) is 0. The van der Waals surface area contributed by atoms with E-state index in [0.717, 1.165) is 45.0 Å². The number of carbonyl (C=O) groups excluding carboxylic acids is 5. The molecule has 6 unspecified atom stereocenters. The van der Waals surface area contributed by atoms with Crippen molar-refractivity contribution in [2.75, 3.05) is 16.0 Å². The van der Waals surface area contributed by atoms with E-state index in [2.05, 4.69) is 40.6 Å². The predicted octanol–water partition coefficient (Wildman–Crippen LogP) is 8.59. The van der Waals surface area contributed by atoms with Gasteiger partial charge in [-0.15, -0.1) is 0 Å². The lowest BCUT2D eigenvalue weighted by Gasteiger charge is -2.19. The lowest BCUT2D eigenvalue weighted by Crippen LogP contribution is -2.33. The SMILES string of the molecule is C.Nc1cc(Cc2n[nH]c(=O)c3ccccc23)ccc1Cl.O=C(O)C1CC1C(=O)Nc1cc(Cc2n[nH]c(=O)c3ccccc23)ccc1Cl.O=C1C2CC2C(=O)N1c1cc(Cc2n[nH]c(=O)c3ccccc23)ccc1Cl.O=C1OC(=O)C2CC12. The van der Waals surface area contributed by atoms with Gasteiger partial charge in [0.2, 0.25) is 17.7 Å². The Morgan fingerprint density at radius 2 is 0.940 bits per heavy atom. The summed E-state index contributed by atoms with van der Waals surface area (Å²) in [6.07, 6.45) is 3.17. The minimum absolute atomic E-state index is 0. The molecule has 3 amide bonds. The first kappa shape index (κ1) is 57.8. The van der Waals surface area contributed by atoms with E-state index in [1.807, 2.05) is 66.7 Å². The molecule has 3 saturated carbocycles. The molecule has 20 nitrogen and oxygen atoms in total. The number of nitrogen functional groups attached to an aromatic ring is 1. The average Bonchev–Trinajstić information content (AvgIpc) is 2.16. The predicted molar refractivity (Wildman–Crippen MR) is 316 cm³/mol. The Morgan fingerprint density at radius 3 is 1.35 bits per heavy atom. The molecule has 84 heavy (non-hydrogen) atoms. The monoisotopic (exact) mass is 1190 g/mol. The molecule has 23 heteroatoms. The van der Waals surface area contributed by atoms with Crippen LogP contribution >= 0.6 is 34.8 Å². The highest BCUT2D eigenvalue weighted by molar-refractivity contribution is 6.36. The lowest BCUT2D eigenvalue weighted by atomic mass is 10.0. The number of H-pyrrole nitrogens is 3. The van der Waals surface area contributed by atoms with Crippen LogP contribution in [0.5, 0.6) is 0 Å². The third-order valence-corrected chi connectivity index (χ3v) is 15.9. The molecule has 7 N–H and O–H groups in total. The molecule has 0 spiro atoms. The van der Waals surface area contributed by atoms with Crippen molar-refractivity contribution in [1.82, 2.24) is 30.6 Å². The second-order valence-electron chi connectivity index (χ2n) is 20.5. The van der Waals surface area contributed by atoms with Crippen molar-refractivity contribution in [2.24, 2.45) is 35.5 Å². The molecule has 3 aromatic heterocycles. The molecular formula is C61H50Cl3N9O11. The van der Waals surface area contributed by atoms with Gasteiger partial charge in [-0.1, -0.05) is 115 Å². The highest BCUT2D eigenvalue weighted by atomic mass is 35.5. The van der Waals surface area contributed by atoms with Gasteiger partial charge in [0, 0.05) is 35.4 Å². The number of imide groups is 1. The number of aliphatic carboxylic acids is 1. The quantitative estimate of drug-likeness (QED) is 0.0323. The van der Waals surface area contributed by atoms with Gasteiger partial charge in [0.1, 0.15) is 0 Å². The number of carboxylic acid groups (broad SMARTS) is 1. The number of amides is 3. The van der Waals surface area contributed by atoms with Crippen molar-refractivity contribution in [3.05, 3.63) is 207 Å². The second-order valence-corrected chi connectivity index (χ2v) is 21.8. The number of aromatic nitrogens is 6. The van der Waals surface area contributed by atoms with Crippen LogP contribution < -0.4 is 32.6 Å². The number of esters is 2. The molecule has 0 bridgehead atoms. The van der Waals surface area contributed by atoms with Crippen LogP contribution in [0.2, 0.25) is 15.1 Å². The fourth-order valence-electron chi connectivity index (χ4n) is 10.2. The number of halogens is 3. The zero-order chi connectivity index (χ0) is 58.4. The van der Waals surface area contributed by atoms with E-state index in [1.165, 1.54) is 4.90 Å². The Bertz CT molecular complexity index is 4340. The first-order chi connectivity index (χ1) is 39.9. The van der Waals surface area contributed by atoms with Gasteiger partial charge in [-0.05, 0) is 90.6 Å². The summed E-state index contributed by atoms with van der Waals surface area (Å²) in [4.78, 5) is 106. The van der Waals surface area contributed by atoms with Crippen molar-refractivity contribution < 1.29 is 38.6 Å². The molecule has 2 saturated heterocycles. The van der Waals surface area contributed by atoms with Crippen LogP contribution in [0.4, 0.5) is 17.1 Å². The Kier molecular flexibility index (Phi) is 16.4. The van der Waals surface area contributed by atoms with Crippen LogP contribution in [0.25, 0.3) is 32.3 Å². The third-order valence-electron chi connectivity index (χ3n) is 14.9. The number of hydrogen-bond donors (Lipinski definition) is 6. The van der Waals surface area contributed by atoms with Gasteiger partial charge in [0.05, 0.1) is 101 Å². The number of aromatic amines is 3. The Labute approximate surface area is 491 Å². The highest BCUT2D eigenvalue weighted by Crippen LogP contribution is 2.50. The molecule has 9 aromatic rings. The number of rotatable bonds is 10. The topological polar surface area (TPSA) is 310 Å². The maximum atomic E-state index is 12.4. The number of cyclic esters (lactones) is 2. The van der Waals surface area contributed by atoms with Crippen molar-refractivity contribution in [2.45, 2.75) is 46.0 Å². The molecule has 2 aliphatic heterocycles. The summed E-state index contributed by atoms with van der Waals surface area (Å²) >= 11 is 18.4. The van der Waals surface area contributed by atoms with E-state index in [1.54, 1.807) is 60.7 Å². The van der Waals surface area contributed by atoms with Gasteiger partial charge >= 0.3 is 17.9 Å². The maximum Gasteiger partial charge on any atom is 0.317 e. The molecule has 6 aromatic carbocycles. The van der Waals surface area contributed by atoms with Gasteiger partial charge in [-0.25, -0.2) is 20.2 Å². The van der Waals surface area contributed by atoms with Crippen LogP contribution in [-0.4, -0.2) is 71.3 Å². The Morgan fingerprint density at radius 1 is 0.536 bits per heavy atom.